The van der Waals surface area contributed by atoms with Crippen LogP contribution in [0.25, 0.3) is 5.69 Å². The molecule has 21 heavy (non-hydrogen) atoms. The van der Waals surface area contributed by atoms with Gasteiger partial charge < -0.3 is 0 Å². The zero-order chi connectivity index (χ0) is 14.5. The molecule has 0 aliphatic heterocycles. The average molecular weight is 285 g/mol. The van der Waals surface area contributed by atoms with Gasteiger partial charge in [-0.15, -0.1) is 0 Å². The molecule has 1 atom stereocenters. The Morgan fingerprint density at radius 3 is 2.48 bits per heavy atom. The van der Waals surface area contributed by atoms with Crippen LogP contribution in [-0.4, -0.2) is 15.0 Å². The highest BCUT2D eigenvalue weighted by Crippen LogP contribution is 2.32. The summed E-state index contributed by atoms with van der Waals surface area (Å²) in [4.78, 5) is 1.68. The Hall–Kier alpha value is -1.72. The summed E-state index contributed by atoms with van der Waals surface area (Å²) in [6.45, 7) is 0. The third-order valence-electron chi connectivity index (χ3n) is 4.37. The fraction of sp³-hybridized carbons (Fsp3) is 0.500. The molecule has 1 aliphatic rings. The van der Waals surface area contributed by atoms with E-state index in [1.54, 1.807) is 4.80 Å². The Balaban J connectivity index is 1.79. The standard InChI is InChI=1S/C16H23N5/c17-19-16(13-8-4-1-2-5-9-13)15-12-18-21(20-15)14-10-6-3-7-11-14/h3,6-7,10-13,16,19H,1-2,4-5,8-9,17H2. The van der Waals surface area contributed by atoms with Crippen molar-refractivity contribution in [2.24, 2.45) is 11.8 Å². The summed E-state index contributed by atoms with van der Waals surface area (Å²) in [6, 6.07) is 10.1. The van der Waals surface area contributed by atoms with E-state index in [-0.39, 0.29) is 6.04 Å². The molecule has 1 heterocycles. The van der Waals surface area contributed by atoms with E-state index >= 15 is 0 Å². The third-order valence-corrected chi connectivity index (χ3v) is 4.37. The van der Waals surface area contributed by atoms with Gasteiger partial charge in [0.05, 0.1) is 17.9 Å². The van der Waals surface area contributed by atoms with Crippen LogP contribution in [0, 0.1) is 5.92 Å². The molecule has 2 aromatic rings. The van der Waals surface area contributed by atoms with Crippen LogP contribution in [0.3, 0.4) is 0 Å². The first-order chi connectivity index (χ1) is 10.4. The van der Waals surface area contributed by atoms with Crippen LogP contribution in [0.2, 0.25) is 0 Å². The number of para-hydroxylation sites is 1. The fourth-order valence-electron chi connectivity index (χ4n) is 3.21. The molecule has 1 aliphatic carbocycles. The van der Waals surface area contributed by atoms with Crippen molar-refractivity contribution in [1.82, 2.24) is 20.4 Å². The second-order valence-electron chi connectivity index (χ2n) is 5.79. The molecule has 0 amide bonds. The number of hydrogen-bond donors (Lipinski definition) is 2. The maximum Gasteiger partial charge on any atom is 0.102 e. The predicted molar refractivity (Wildman–Crippen MR) is 82.6 cm³/mol. The van der Waals surface area contributed by atoms with Crippen molar-refractivity contribution in [3.05, 3.63) is 42.2 Å². The van der Waals surface area contributed by atoms with E-state index in [0.29, 0.717) is 5.92 Å². The highest BCUT2D eigenvalue weighted by Gasteiger charge is 2.25. The number of nitrogens with two attached hydrogens (primary N) is 1. The van der Waals surface area contributed by atoms with Gasteiger partial charge in [-0.1, -0.05) is 43.9 Å². The minimum atomic E-state index is 0.0977. The average Bonchev–Trinajstić information content (AvgIpc) is 2.86. The second kappa shape index (κ2) is 6.83. The van der Waals surface area contributed by atoms with Crippen LogP contribution in [0.1, 0.15) is 50.3 Å². The Morgan fingerprint density at radius 1 is 1.10 bits per heavy atom. The van der Waals surface area contributed by atoms with Crippen molar-refractivity contribution in [1.29, 1.82) is 0 Å². The van der Waals surface area contributed by atoms with Gasteiger partial charge in [0.1, 0.15) is 5.69 Å². The zero-order valence-corrected chi connectivity index (χ0v) is 12.3. The molecule has 0 bridgehead atoms. The van der Waals surface area contributed by atoms with Crippen molar-refractivity contribution in [3.8, 4) is 5.69 Å². The number of nitrogens with zero attached hydrogens (tertiary/aromatic N) is 3. The monoisotopic (exact) mass is 285 g/mol. The van der Waals surface area contributed by atoms with Gasteiger partial charge in [-0.05, 0) is 30.9 Å². The molecule has 3 rings (SSSR count). The molecule has 0 spiro atoms. The molecule has 1 fully saturated rings. The van der Waals surface area contributed by atoms with E-state index < -0.39 is 0 Å². The minimum Gasteiger partial charge on any atom is -0.271 e. The van der Waals surface area contributed by atoms with Crippen LogP contribution in [0.15, 0.2) is 36.5 Å². The summed E-state index contributed by atoms with van der Waals surface area (Å²) in [5.74, 6) is 6.36. The lowest BCUT2D eigenvalue weighted by Gasteiger charge is -2.23. The molecule has 112 valence electrons. The first kappa shape index (κ1) is 14.2. The topological polar surface area (TPSA) is 68.8 Å². The molecule has 5 heteroatoms. The Labute approximate surface area is 125 Å². The molecule has 0 radical (unpaired) electrons. The molecule has 1 aromatic heterocycles. The first-order valence-electron chi connectivity index (χ1n) is 7.82. The van der Waals surface area contributed by atoms with Gasteiger partial charge >= 0.3 is 0 Å². The SMILES string of the molecule is NNC(c1cnn(-c2ccccc2)n1)C1CCCCCC1. The van der Waals surface area contributed by atoms with E-state index in [1.165, 1.54) is 38.5 Å². The summed E-state index contributed by atoms with van der Waals surface area (Å²) >= 11 is 0. The molecule has 1 saturated carbocycles. The maximum atomic E-state index is 5.81. The third kappa shape index (κ3) is 3.31. The fourth-order valence-corrected chi connectivity index (χ4v) is 3.21. The van der Waals surface area contributed by atoms with E-state index in [1.807, 2.05) is 36.5 Å². The van der Waals surface area contributed by atoms with Crippen LogP contribution >= 0.6 is 0 Å². The Morgan fingerprint density at radius 2 is 1.81 bits per heavy atom. The van der Waals surface area contributed by atoms with Gasteiger partial charge in [-0.3, -0.25) is 11.3 Å². The summed E-state index contributed by atoms with van der Waals surface area (Å²) in [5.41, 5.74) is 4.88. The van der Waals surface area contributed by atoms with Gasteiger partial charge in [0.2, 0.25) is 0 Å². The smallest absolute Gasteiger partial charge is 0.102 e. The van der Waals surface area contributed by atoms with Crippen molar-refractivity contribution in [3.63, 3.8) is 0 Å². The van der Waals surface area contributed by atoms with Crippen molar-refractivity contribution < 1.29 is 0 Å². The predicted octanol–water partition coefficient (Wildman–Crippen LogP) is 2.74. The molecule has 0 saturated heterocycles. The van der Waals surface area contributed by atoms with Gasteiger partial charge in [0.15, 0.2) is 0 Å². The van der Waals surface area contributed by atoms with Crippen molar-refractivity contribution in [2.45, 2.75) is 44.6 Å². The van der Waals surface area contributed by atoms with Crippen LogP contribution in [0.5, 0.6) is 0 Å². The minimum absolute atomic E-state index is 0.0977. The molecule has 1 unspecified atom stereocenters. The number of rotatable bonds is 4. The van der Waals surface area contributed by atoms with Crippen molar-refractivity contribution >= 4 is 0 Å². The summed E-state index contributed by atoms with van der Waals surface area (Å²) < 4.78 is 0. The second-order valence-corrected chi connectivity index (χ2v) is 5.79. The van der Waals surface area contributed by atoms with Crippen molar-refractivity contribution in [2.75, 3.05) is 0 Å². The van der Waals surface area contributed by atoms with E-state index in [0.717, 1.165) is 11.4 Å². The number of hydrazine groups is 1. The van der Waals surface area contributed by atoms with Gasteiger partial charge in [-0.25, -0.2) is 0 Å². The lowest BCUT2D eigenvalue weighted by Crippen LogP contribution is -2.34. The molecule has 1 aromatic carbocycles. The van der Waals surface area contributed by atoms with E-state index in [9.17, 15) is 0 Å². The highest BCUT2D eigenvalue weighted by atomic mass is 15.5. The molecular formula is C16H23N5. The summed E-state index contributed by atoms with van der Waals surface area (Å²) in [6.07, 6.45) is 9.52. The van der Waals surface area contributed by atoms with E-state index in [2.05, 4.69) is 15.6 Å². The van der Waals surface area contributed by atoms with Crippen LogP contribution < -0.4 is 11.3 Å². The Kier molecular flexibility index (Phi) is 4.62. The molecule has 5 nitrogen and oxygen atoms in total. The maximum absolute atomic E-state index is 5.81. The van der Waals surface area contributed by atoms with E-state index in [4.69, 9.17) is 5.84 Å². The number of aromatic nitrogens is 3. The van der Waals surface area contributed by atoms with Gasteiger partial charge in [-0.2, -0.15) is 15.0 Å². The van der Waals surface area contributed by atoms with Gasteiger partial charge in [0, 0.05) is 0 Å². The molecular weight excluding hydrogens is 262 g/mol. The Bertz CT molecular complexity index is 543. The lowest BCUT2D eigenvalue weighted by atomic mass is 9.90. The van der Waals surface area contributed by atoms with Crippen LogP contribution in [0.4, 0.5) is 0 Å². The molecule has 3 N–H and O–H groups in total. The highest BCUT2D eigenvalue weighted by molar-refractivity contribution is 5.28. The largest absolute Gasteiger partial charge is 0.271 e. The lowest BCUT2D eigenvalue weighted by molar-refractivity contribution is 0.322. The number of nitrogens with one attached hydrogen (secondary N) is 1. The normalized spacial score (nSPS) is 18.3. The summed E-state index contributed by atoms with van der Waals surface area (Å²) in [5, 5.41) is 9.00. The number of benzene rings is 1. The van der Waals surface area contributed by atoms with Gasteiger partial charge in [0.25, 0.3) is 0 Å². The van der Waals surface area contributed by atoms with Crippen LogP contribution in [-0.2, 0) is 0 Å². The first-order valence-corrected chi connectivity index (χ1v) is 7.82. The number of hydrogen-bond acceptors (Lipinski definition) is 4. The quantitative estimate of drug-likeness (QED) is 0.515. The zero-order valence-electron chi connectivity index (χ0n) is 12.3. The summed E-state index contributed by atoms with van der Waals surface area (Å²) in [7, 11) is 0.